The van der Waals surface area contributed by atoms with Crippen LogP contribution in [0.2, 0.25) is 5.02 Å². The molecule has 0 atom stereocenters. The number of halogens is 1. The second kappa shape index (κ2) is 6.32. The number of benzene rings is 1. The lowest BCUT2D eigenvalue weighted by Crippen LogP contribution is -2.24. The van der Waals surface area contributed by atoms with E-state index < -0.39 is 5.97 Å². The van der Waals surface area contributed by atoms with Crippen LogP contribution >= 0.6 is 11.6 Å². The van der Waals surface area contributed by atoms with Crippen molar-refractivity contribution in [2.45, 2.75) is 0 Å². The van der Waals surface area contributed by atoms with Gasteiger partial charge in [0.15, 0.2) is 17.3 Å². The second-order valence-electron chi connectivity index (χ2n) is 4.12. The first-order valence-electron chi connectivity index (χ1n) is 5.96. The zero-order valence-corrected chi connectivity index (χ0v) is 12.2. The van der Waals surface area contributed by atoms with E-state index >= 15 is 0 Å². The quantitative estimate of drug-likeness (QED) is 0.531. The smallest absolute Gasteiger partial charge is 0.357 e. The molecule has 0 aliphatic rings. The van der Waals surface area contributed by atoms with Crippen LogP contribution in [0.1, 0.15) is 0 Å². The summed E-state index contributed by atoms with van der Waals surface area (Å²) in [5.74, 6) is 0.178. The topological polar surface area (TPSA) is 75.8 Å². The summed E-state index contributed by atoms with van der Waals surface area (Å²) in [5.41, 5.74) is 0.729. The number of hydrogen-bond acceptors (Lipinski definition) is 6. The Hall–Kier alpha value is -2.47. The maximum Gasteiger partial charge on any atom is 0.357 e. The van der Waals surface area contributed by atoms with Crippen molar-refractivity contribution in [3.63, 3.8) is 0 Å². The van der Waals surface area contributed by atoms with Gasteiger partial charge in [-0.15, -0.1) is 0 Å². The summed E-state index contributed by atoms with van der Waals surface area (Å²) < 4.78 is 9.79. The normalized spacial score (nSPS) is 11.3. The van der Waals surface area contributed by atoms with Crippen molar-refractivity contribution in [1.82, 2.24) is 5.16 Å². The lowest BCUT2D eigenvalue weighted by Gasteiger charge is -2.15. The number of carbonyl (C=O) groups excluding carboxylic acids is 1. The molecular formula is C14H13ClN2O4. The van der Waals surface area contributed by atoms with Crippen LogP contribution in [-0.4, -0.2) is 30.4 Å². The Balaban J connectivity index is 2.27. The minimum atomic E-state index is -0.684. The summed E-state index contributed by atoms with van der Waals surface area (Å²) in [5, 5.41) is 13.6. The highest BCUT2D eigenvalue weighted by Gasteiger charge is 2.20. The molecule has 0 saturated carbocycles. The highest BCUT2D eigenvalue weighted by atomic mass is 35.5. The fourth-order valence-corrected chi connectivity index (χ4v) is 1.80. The molecule has 0 amide bonds. The van der Waals surface area contributed by atoms with Gasteiger partial charge in [-0.05, 0) is 24.3 Å². The van der Waals surface area contributed by atoms with Crippen LogP contribution in [0.25, 0.3) is 11.3 Å². The molecule has 0 aliphatic heterocycles. The molecule has 0 unspecified atom stereocenters. The number of aromatic nitrogens is 1. The third-order valence-electron chi connectivity index (χ3n) is 2.85. The first kappa shape index (κ1) is 14.9. The molecule has 21 heavy (non-hydrogen) atoms. The molecule has 0 bridgehead atoms. The Morgan fingerprint density at radius 1 is 1.43 bits per heavy atom. The molecule has 0 aliphatic carbocycles. The molecular weight excluding hydrogens is 296 g/mol. The highest BCUT2D eigenvalue weighted by molar-refractivity contribution is 6.30. The summed E-state index contributed by atoms with van der Waals surface area (Å²) in [7, 11) is 2.78. The zero-order chi connectivity index (χ0) is 15.4. The number of aliphatic hydroxyl groups excluding tert-OH is 1. The first-order valence-corrected chi connectivity index (χ1v) is 6.33. The van der Waals surface area contributed by atoms with Crippen LogP contribution in [-0.2, 0) is 9.53 Å². The standard InChI is InChI=1S/C14H13ClN2O4/c1-17(11(8-18)14(19)20-2)13-7-12(21-16-13)9-3-5-10(15)6-4-9/h3-8,18H,1-2H3. The number of nitrogens with zero attached hydrogens (tertiary/aromatic N) is 2. The van der Waals surface area contributed by atoms with Gasteiger partial charge in [-0.25, -0.2) is 4.79 Å². The van der Waals surface area contributed by atoms with Crippen molar-refractivity contribution in [2.24, 2.45) is 0 Å². The van der Waals surface area contributed by atoms with E-state index in [9.17, 15) is 4.79 Å². The molecule has 6 nitrogen and oxygen atoms in total. The van der Waals surface area contributed by atoms with Gasteiger partial charge in [0.05, 0.1) is 7.11 Å². The van der Waals surface area contributed by atoms with Crippen LogP contribution in [0.15, 0.2) is 46.8 Å². The van der Waals surface area contributed by atoms with Crippen molar-refractivity contribution in [3.8, 4) is 11.3 Å². The molecule has 0 spiro atoms. The number of anilines is 1. The largest absolute Gasteiger partial charge is 0.513 e. The van der Waals surface area contributed by atoms with Crippen molar-refractivity contribution < 1.29 is 19.2 Å². The van der Waals surface area contributed by atoms with E-state index in [0.29, 0.717) is 22.9 Å². The van der Waals surface area contributed by atoms with Gasteiger partial charge in [0.25, 0.3) is 0 Å². The Morgan fingerprint density at radius 3 is 2.67 bits per heavy atom. The summed E-state index contributed by atoms with van der Waals surface area (Å²) in [6.07, 6.45) is 0.655. The Bertz CT molecular complexity index is 664. The van der Waals surface area contributed by atoms with Gasteiger partial charge >= 0.3 is 5.97 Å². The number of hydrogen-bond donors (Lipinski definition) is 1. The molecule has 1 N–H and O–H groups in total. The Labute approximate surface area is 126 Å². The molecule has 110 valence electrons. The average molecular weight is 309 g/mol. The molecule has 1 heterocycles. The average Bonchev–Trinajstić information content (AvgIpc) is 2.98. The number of rotatable bonds is 4. The summed E-state index contributed by atoms with van der Waals surface area (Å²) in [4.78, 5) is 12.9. The van der Waals surface area contributed by atoms with E-state index in [-0.39, 0.29) is 5.70 Å². The van der Waals surface area contributed by atoms with Gasteiger partial charge in [0, 0.05) is 23.7 Å². The number of aliphatic hydroxyl groups is 1. The van der Waals surface area contributed by atoms with Crippen molar-refractivity contribution >= 4 is 23.4 Å². The van der Waals surface area contributed by atoms with Gasteiger partial charge in [0.1, 0.15) is 6.26 Å². The molecule has 2 rings (SSSR count). The fourth-order valence-electron chi connectivity index (χ4n) is 1.68. The lowest BCUT2D eigenvalue weighted by molar-refractivity contribution is -0.136. The second-order valence-corrected chi connectivity index (χ2v) is 4.56. The third kappa shape index (κ3) is 3.17. The van der Waals surface area contributed by atoms with Crippen molar-refractivity contribution in [3.05, 3.63) is 47.3 Å². The van der Waals surface area contributed by atoms with Crippen LogP contribution in [0, 0.1) is 0 Å². The minimum Gasteiger partial charge on any atom is -0.513 e. The predicted molar refractivity (Wildman–Crippen MR) is 78.1 cm³/mol. The van der Waals surface area contributed by atoms with E-state index in [1.807, 2.05) is 0 Å². The number of carbonyl (C=O) groups is 1. The molecule has 1 aromatic heterocycles. The molecule has 0 saturated heterocycles. The first-order chi connectivity index (χ1) is 10.1. The Morgan fingerprint density at radius 2 is 2.10 bits per heavy atom. The summed E-state index contributed by atoms with van der Waals surface area (Å²) in [6.45, 7) is 0. The van der Waals surface area contributed by atoms with E-state index in [0.717, 1.165) is 5.56 Å². The van der Waals surface area contributed by atoms with Gasteiger partial charge < -0.3 is 19.3 Å². The van der Waals surface area contributed by atoms with Crippen LogP contribution in [0.5, 0.6) is 0 Å². The monoisotopic (exact) mass is 308 g/mol. The van der Waals surface area contributed by atoms with E-state index in [4.69, 9.17) is 21.2 Å². The van der Waals surface area contributed by atoms with Gasteiger partial charge in [-0.1, -0.05) is 16.8 Å². The third-order valence-corrected chi connectivity index (χ3v) is 3.10. The maximum atomic E-state index is 11.5. The van der Waals surface area contributed by atoms with Crippen LogP contribution in [0.4, 0.5) is 5.82 Å². The number of esters is 1. The molecule has 7 heteroatoms. The summed E-state index contributed by atoms with van der Waals surface area (Å²) in [6, 6.07) is 8.67. The van der Waals surface area contributed by atoms with Crippen LogP contribution < -0.4 is 4.90 Å². The van der Waals surface area contributed by atoms with E-state index in [1.54, 1.807) is 37.4 Å². The molecule has 2 aromatic rings. The lowest BCUT2D eigenvalue weighted by atomic mass is 10.2. The number of ether oxygens (including phenoxy) is 1. The highest BCUT2D eigenvalue weighted by Crippen LogP contribution is 2.26. The predicted octanol–water partition coefficient (Wildman–Crippen LogP) is 3.00. The van der Waals surface area contributed by atoms with Crippen LogP contribution in [0.3, 0.4) is 0 Å². The maximum absolute atomic E-state index is 11.5. The van der Waals surface area contributed by atoms with Crippen molar-refractivity contribution in [1.29, 1.82) is 0 Å². The molecule has 0 radical (unpaired) electrons. The summed E-state index contributed by atoms with van der Waals surface area (Å²) >= 11 is 5.82. The Kier molecular flexibility index (Phi) is 4.49. The van der Waals surface area contributed by atoms with E-state index in [2.05, 4.69) is 9.89 Å². The zero-order valence-electron chi connectivity index (χ0n) is 11.4. The minimum absolute atomic E-state index is 0.0616. The number of methoxy groups -OCH3 is 1. The SMILES string of the molecule is COC(=O)C(=CO)N(C)c1cc(-c2ccc(Cl)cc2)on1. The van der Waals surface area contributed by atoms with Gasteiger partial charge in [0.2, 0.25) is 0 Å². The number of likely N-dealkylation sites (N-methyl/N-ethyl adjacent to an activating group) is 1. The van der Waals surface area contributed by atoms with Gasteiger partial charge in [-0.3, -0.25) is 0 Å². The van der Waals surface area contributed by atoms with Crippen molar-refractivity contribution in [2.75, 3.05) is 19.1 Å². The molecule has 1 aromatic carbocycles. The van der Waals surface area contributed by atoms with Gasteiger partial charge in [-0.2, -0.15) is 0 Å². The van der Waals surface area contributed by atoms with E-state index in [1.165, 1.54) is 12.0 Å². The molecule has 0 fully saturated rings. The fraction of sp³-hybridized carbons (Fsp3) is 0.143.